The molecule has 2 heterocycles. The molecule has 0 unspecified atom stereocenters. The van der Waals surface area contributed by atoms with Gasteiger partial charge < -0.3 is 31.9 Å². The molecule has 6 amide bonds. The van der Waals surface area contributed by atoms with E-state index in [4.69, 9.17) is 5.73 Å². The molecule has 5 atom stereocenters. The van der Waals surface area contributed by atoms with Crippen molar-refractivity contribution in [2.24, 2.45) is 28.9 Å². The van der Waals surface area contributed by atoms with Crippen LogP contribution in [0.25, 0.3) is 0 Å². The number of nitrogens with two attached hydrogens (primary N) is 1. The number of rotatable bonds is 9. The fourth-order valence-corrected chi connectivity index (χ4v) is 5.23. The standard InChI is InChI=1S/C27H46N6O6/c1-14(2)16-10-12-33(24(38)20(26(3,4)5)31-25(39)32-27(6,7)8)18(16)23(37)30-17(19(34)21(28)35)13-15-9-11-29-22(15)36/h14-18,20H,9-13H2,1-8H3,(H2,28,35)(H,29,36)(H,30,37)(H2,31,32,39)/t15-,16+,17-,18-,20+/m0/s1. The van der Waals surface area contributed by atoms with E-state index in [0.717, 1.165) is 0 Å². The first-order valence-electron chi connectivity index (χ1n) is 13.6. The van der Waals surface area contributed by atoms with Crippen LogP contribution in [0.2, 0.25) is 0 Å². The van der Waals surface area contributed by atoms with Crippen LogP contribution in [-0.2, 0) is 24.0 Å². The van der Waals surface area contributed by atoms with Gasteiger partial charge in [-0.05, 0) is 57.3 Å². The van der Waals surface area contributed by atoms with Gasteiger partial charge in [-0.1, -0.05) is 34.6 Å². The number of primary amides is 1. The summed E-state index contributed by atoms with van der Waals surface area (Å²) in [6.45, 7) is 15.6. The Hall–Kier alpha value is -3.18. The van der Waals surface area contributed by atoms with Crippen LogP contribution in [0.4, 0.5) is 4.79 Å². The Kier molecular flexibility index (Phi) is 10.1. The summed E-state index contributed by atoms with van der Waals surface area (Å²) in [5.74, 6) is -4.21. The molecule has 2 rings (SSSR count). The quantitative estimate of drug-likeness (QED) is 0.260. The molecule has 0 saturated carbocycles. The minimum Gasteiger partial charge on any atom is -0.363 e. The summed E-state index contributed by atoms with van der Waals surface area (Å²) in [5.41, 5.74) is 4.05. The van der Waals surface area contributed by atoms with E-state index in [9.17, 15) is 28.8 Å². The Morgan fingerprint density at radius 3 is 2.10 bits per heavy atom. The van der Waals surface area contributed by atoms with E-state index in [1.165, 1.54) is 4.90 Å². The van der Waals surface area contributed by atoms with E-state index in [1.54, 1.807) is 0 Å². The van der Waals surface area contributed by atoms with Crippen LogP contribution in [0.3, 0.4) is 0 Å². The van der Waals surface area contributed by atoms with Crippen LogP contribution in [0.1, 0.15) is 74.7 Å². The molecule has 0 bridgehead atoms. The highest BCUT2D eigenvalue weighted by molar-refractivity contribution is 6.38. The fraction of sp³-hybridized carbons (Fsp3) is 0.778. The number of likely N-dealkylation sites (tertiary alicyclic amines) is 1. The molecule has 0 radical (unpaired) electrons. The van der Waals surface area contributed by atoms with Crippen molar-refractivity contribution in [3.8, 4) is 0 Å². The van der Waals surface area contributed by atoms with E-state index in [0.29, 0.717) is 19.4 Å². The Balaban J connectivity index is 2.35. The lowest BCUT2D eigenvalue weighted by atomic mass is 9.84. The Morgan fingerprint density at radius 2 is 1.64 bits per heavy atom. The van der Waals surface area contributed by atoms with Gasteiger partial charge in [0.05, 0.1) is 6.04 Å². The predicted octanol–water partition coefficient (Wildman–Crippen LogP) is 0.437. The van der Waals surface area contributed by atoms with Gasteiger partial charge in [0, 0.05) is 24.5 Å². The van der Waals surface area contributed by atoms with Gasteiger partial charge in [-0.2, -0.15) is 0 Å². The second-order valence-electron chi connectivity index (χ2n) is 13.1. The molecule has 0 aromatic rings. The molecule has 0 spiro atoms. The number of carbonyl (C=O) groups excluding carboxylic acids is 6. The number of hydrogen-bond donors (Lipinski definition) is 5. The van der Waals surface area contributed by atoms with Gasteiger partial charge in [0.2, 0.25) is 23.5 Å². The average Bonchev–Trinajstić information content (AvgIpc) is 3.40. The van der Waals surface area contributed by atoms with Crippen molar-refractivity contribution in [1.29, 1.82) is 0 Å². The maximum Gasteiger partial charge on any atom is 0.315 e. The third kappa shape index (κ3) is 8.40. The maximum absolute atomic E-state index is 13.9. The van der Waals surface area contributed by atoms with E-state index in [-0.39, 0.29) is 30.7 Å². The summed E-state index contributed by atoms with van der Waals surface area (Å²) in [7, 11) is 0. The molecule has 2 saturated heterocycles. The molecular formula is C27H46N6O6. The molecular weight excluding hydrogens is 504 g/mol. The number of nitrogens with one attached hydrogen (secondary N) is 4. The predicted molar refractivity (Wildman–Crippen MR) is 145 cm³/mol. The van der Waals surface area contributed by atoms with Gasteiger partial charge in [0.25, 0.3) is 5.91 Å². The number of carbonyl (C=O) groups is 6. The van der Waals surface area contributed by atoms with Crippen LogP contribution in [0.15, 0.2) is 0 Å². The SMILES string of the molecule is CC(C)[C@H]1CCN(C(=O)[C@@H](NC(=O)NC(C)(C)C)C(C)(C)C)[C@@H]1C(=O)N[C@@H](C[C@@H]1CCNC1=O)C(=O)C(N)=O. The molecule has 220 valence electrons. The third-order valence-corrected chi connectivity index (χ3v) is 7.29. The normalized spacial score (nSPS) is 23.2. The average molecular weight is 551 g/mol. The molecule has 0 aliphatic carbocycles. The highest BCUT2D eigenvalue weighted by atomic mass is 16.2. The first-order chi connectivity index (χ1) is 17.8. The number of nitrogens with zero attached hydrogens (tertiary/aromatic N) is 1. The highest BCUT2D eigenvalue weighted by Crippen LogP contribution is 2.33. The number of Topliss-reactive ketones (excluding diaryl/α,β-unsaturated/α-hetero) is 1. The number of amides is 6. The molecule has 2 fully saturated rings. The summed E-state index contributed by atoms with van der Waals surface area (Å²) in [4.78, 5) is 78.4. The van der Waals surface area contributed by atoms with Crippen LogP contribution in [0.5, 0.6) is 0 Å². The fourth-order valence-electron chi connectivity index (χ4n) is 5.23. The minimum atomic E-state index is -1.29. The zero-order valence-corrected chi connectivity index (χ0v) is 24.5. The molecule has 0 aromatic heterocycles. The van der Waals surface area contributed by atoms with Crippen LogP contribution < -0.4 is 27.0 Å². The van der Waals surface area contributed by atoms with Crippen molar-refractivity contribution in [1.82, 2.24) is 26.2 Å². The van der Waals surface area contributed by atoms with Gasteiger partial charge in [0.1, 0.15) is 12.1 Å². The smallest absolute Gasteiger partial charge is 0.315 e. The number of hydrogen-bond acceptors (Lipinski definition) is 6. The minimum absolute atomic E-state index is 0.0229. The number of urea groups is 1. The topological polar surface area (TPSA) is 180 Å². The molecule has 2 aliphatic rings. The van der Waals surface area contributed by atoms with E-state index < -0.39 is 64.5 Å². The lowest BCUT2D eigenvalue weighted by Crippen LogP contribution is -2.62. The van der Waals surface area contributed by atoms with Crippen LogP contribution in [0, 0.1) is 23.2 Å². The summed E-state index contributed by atoms with van der Waals surface area (Å²) in [5, 5.41) is 10.9. The lowest BCUT2D eigenvalue weighted by Gasteiger charge is -2.37. The van der Waals surface area contributed by atoms with E-state index in [2.05, 4.69) is 21.3 Å². The molecule has 6 N–H and O–H groups in total. The first kappa shape index (κ1) is 32.0. The van der Waals surface area contributed by atoms with E-state index >= 15 is 0 Å². The molecule has 39 heavy (non-hydrogen) atoms. The second-order valence-corrected chi connectivity index (χ2v) is 13.1. The van der Waals surface area contributed by atoms with E-state index in [1.807, 2.05) is 55.4 Å². The van der Waals surface area contributed by atoms with Crippen LogP contribution >= 0.6 is 0 Å². The lowest BCUT2D eigenvalue weighted by molar-refractivity contribution is -0.144. The largest absolute Gasteiger partial charge is 0.363 e. The van der Waals surface area contributed by atoms with Crippen molar-refractivity contribution in [2.45, 2.75) is 98.3 Å². The van der Waals surface area contributed by atoms with Gasteiger partial charge in [-0.15, -0.1) is 0 Å². The molecule has 12 heteroatoms. The molecule has 12 nitrogen and oxygen atoms in total. The zero-order chi connectivity index (χ0) is 29.9. The van der Waals surface area contributed by atoms with Crippen LogP contribution in [-0.4, -0.2) is 77.1 Å². The van der Waals surface area contributed by atoms with Gasteiger partial charge in [-0.25, -0.2) is 4.79 Å². The Bertz CT molecular complexity index is 982. The highest BCUT2D eigenvalue weighted by Gasteiger charge is 2.48. The van der Waals surface area contributed by atoms with Crippen molar-refractivity contribution in [3.63, 3.8) is 0 Å². The first-order valence-corrected chi connectivity index (χ1v) is 13.6. The van der Waals surface area contributed by atoms with Crippen molar-refractivity contribution in [2.75, 3.05) is 13.1 Å². The molecule has 0 aromatic carbocycles. The zero-order valence-electron chi connectivity index (χ0n) is 24.5. The molecule has 2 aliphatic heterocycles. The monoisotopic (exact) mass is 550 g/mol. The summed E-state index contributed by atoms with van der Waals surface area (Å²) in [6.07, 6.45) is 0.951. The summed E-state index contributed by atoms with van der Waals surface area (Å²) >= 11 is 0. The summed E-state index contributed by atoms with van der Waals surface area (Å²) in [6, 6.07) is -3.66. The third-order valence-electron chi connectivity index (χ3n) is 7.29. The summed E-state index contributed by atoms with van der Waals surface area (Å²) < 4.78 is 0. The number of ketones is 1. The van der Waals surface area contributed by atoms with Gasteiger partial charge in [-0.3, -0.25) is 24.0 Å². The van der Waals surface area contributed by atoms with Gasteiger partial charge >= 0.3 is 6.03 Å². The van der Waals surface area contributed by atoms with Crippen molar-refractivity contribution >= 4 is 35.4 Å². The van der Waals surface area contributed by atoms with Gasteiger partial charge in [0.15, 0.2) is 0 Å². The Morgan fingerprint density at radius 1 is 1.03 bits per heavy atom. The van der Waals surface area contributed by atoms with Crippen molar-refractivity contribution < 1.29 is 28.8 Å². The second kappa shape index (κ2) is 12.3. The Labute approximate surface area is 230 Å². The van der Waals surface area contributed by atoms with Crippen molar-refractivity contribution in [3.05, 3.63) is 0 Å². The maximum atomic E-state index is 13.9.